The lowest BCUT2D eigenvalue weighted by atomic mass is 9.64. The van der Waals surface area contributed by atoms with E-state index in [0.29, 0.717) is 6.54 Å². The van der Waals surface area contributed by atoms with Crippen LogP contribution >= 0.6 is 0 Å². The van der Waals surface area contributed by atoms with Gasteiger partial charge in [0.25, 0.3) is 5.91 Å². The number of likely N-dealkylation sites (tertiary alicyclic amines) is 1. The Labute approximate surface area is 151 Å². The molecule has 0 bridgehead atoms. The van der Waals surface area contributed by atoms with E-state index < -0.39 is 19.1 Å². The van der Waals surface area contributed by atoms with E-state index in [1.807, 2.05) is 18.2 Å². The summed E-state index contributed by atoms with van der Waals surface area (Å²) >= 11 is 0. The number of hydrogen-bond acceptors (Lipinski definition) is 5. The molecular formula is C19H22N2O5. The first-order valence-electron chi connectivity index (χ1n) is 8.81. The molecule has 1 saturated heterocycles. The van der Waals surface area contributed by atoms with Gasteiger partial charge in [0.1, 0.15) is 6.54 Å². The molecular weight excluding hydrogens is 336 g/mol. The van der Waals surface area contributed by atoms with Crippen molar-refractivity contribution in [2.24, 2.45) is 0 Å². The molecule has 1 aliphatic heterocycles. The van der Waals surface area contributed by atoms with Gasteiger partial charge in [-0.2, -0.15) is 0 Å². The van der Waals surface area contributed by atoms with E-state index in [2.05, 4.69) is 17.4 Å². The lowest BCUT2D eigenvalue weighted by Gasteiger charge is -2.42. The summed E-state index contributed by atoms with van der Waals surface area (Å²) in [6, 6.07) is 10.1. The van der Waals surface area contributed by atoms with Crippen LogP contribution < -0.4 is 5.32 Å². The number of rotatable bonds is 7. The van der Waals surface area contributed by atoms with Crippen molar-refractivity contribution in [3.63, 3.8) is 0 Å². The number of amides is 3. The predicted molar refractivity (Wildman–Crippen MR) is 91.9 cm³/mol. The van der Waals surface area contributed by atoms with Gasteiger partial charge in [0.05, 0.1) is 0 Å². The highest BCUT2D eigenvalue weighted by molar-refractivity contribution is 6.04. The van der Waals surface area contributed by atoms with Crippen LogP contribution in [0, 0.1) is 0 Å². The number of nitrogens with zero attached hydrogens (tertiary/aromatic N) is 1. The van der Waals surface area contributed by atoms with Crippen LogP contribution in [0.4, 0.5) is 0 Å². The predicted octanol–water partition coefficient (Wildman–Crippen LogP) is 0.917. The second-order valence-electron chi connectivity index (χ2n) is 6.81. The van der Waals surface area contributed by atoms with Crippen molar-refractivity contribution in [3.8, 4) is 0 Å². The summed E-state index contributed by atoms with van der Waals surface area (Å²) in [5.41, 5.74) is 1.16. The molecule has 0 radical (unpaired) electrons. The minimum absolute atomic E-state index is 0.0463. The largest absolute Gasteiger partial charge is 0.454 e. The molecule has 1 saturated carbocycles. The van der Waals surface area contributed by atoms with E-state index in [-0.39, 0.29) is 36.0 Å². The first kappa shape index (κ1) is 18.1. The Morgan fingerprint density at radius 2 is 1.73 bits per heavy atom. The second-order valence-corrected chi connectivity index (χ2v) is 6.81. The van der Waals surface area contributed by atoms with E-state index in [1.54, 1.807) is 0 Å². The first-order valence-corrected chi connectivity index (χ1v) is 8.81. The van der Waals surface area contributed by atoms with Gasteiger partial charge in [-0.25, -0.2) is 0 Å². The Hall–Kier alpha value is -2.70. The van der Waals surface area contributed by atoms with E-state index in [9.17, 15) is 19.2 Å². The summed E-state index contributed by atoms with van der Waals surface area (Å²) in [4.78, 5) is 47.5. The third-order valence-corrected chi connectivity index (χ3v) is 5.13. The van der Waals surface area contributed by atoms with Crippen LogP contribution in [0.2, 0.25) is 0 Å². The van der Waals surface area contributed by atoms with E-state index in [0.717, 1.165) is 24.2 Å². The lowest BCUT2D eigenvalue weighted by Crippen LogP contribution is -2.46. The van der Waals surface area contributed by atoms with Gasteiger partial charge in [-0.3, -0.25) is 24.1 Å². The molecule has 26 heavy (non-hydrogen) atoms. The van der Waals surface area contributed by atoms with Crippen molar-refractivity contribution < 1.29 is 23.9 Å². The summed E-state index contributed by atoms with van der Waals surface area (Å²) in [5, 5.41) is 2.83. The normalized spacial score (nSPS) is 18.4. The van der Waals surface area contributed by atoms with Crippen molar-refractivity contribution in [2.75, 3.05) is 19.7 Å². The fraction of sp³-hybridized carbons (Fsp3) is 0.474. The number of carbonyl (C=O) groups excluding carboxylic acids is 4. The zero-order valence-corrected chi connectivity index (χ0v) is 14.5. The molecule has 1 N–H and O–H groups in total. The highest BCUT2D eigenvalue weighted by atomic mass is 16.5. The van der Waals surface area contributed by atoms with Gasteiger partial charge in [0, 0.05) is 24.8 Å². The molecule has 1 aliphatic carbocycles. The van der Waals surface area contributed by atoms with Crippen LogP contribution in [-0.2, 0) is 29.3 Å². The van der Waals surface area contributed by atoms with Crippen LogP contribution in [0.15, 0.2) is 30.3 Å². The quantitative estimate of drug-likeness (QED) is 0.578. The zero-order valence-electron chi connectivity index (χ0n) is 14.5. The van der Waals surface area contributed by atoms with Crippen LogP contribution in [0.3, 0.4) is 0 Å². The van der Waals surface area contributed by atoms with Crippen molar-refractivity contribution in [2.45, 2.75) is 37.5 Å². The van der Waals surface area contributed by atoms with Gasteiger partial charge in [0.15, 0.2) is 6.61 Å². The lowest BCUT2D eigenvalue weighted by molar-refractivity contribution is -0.154. The highest BCUT2D eigenvalue weighted by Crippen LogP contribution is 2.43. The maximum atomic E-state index is 12.0. The Morgan fingerprint density at radius 1 is 1.08 bits per heavy atom. The number of ether oxygens (including phenoxy) is 1. The van der Waals surface area contributed by atoms with E-state index in [4.69, 9.17) is 4.74 Å². The van der Waals surface area contributed by atoms with Gasteiger partial charge in [-0.15, -0.1) is 0 Å². The summed E-state index contributed by atoms with van der Waals surface area (Å²) in [7, 11) is 0. The SMILES string of the molecule is O=C(COC(=O)CN1C(=O)CCC1=O)NCC1(c2ccccc2)CCC1. The topological polar surface area (TPSA) is 92.8 Å². The number of carbonyl (C=O) groups is 4. The Kier molecular flexibility index (Phi) is 5.35. The molecule has 1 heterocycles. The molecule has 0 aromatic heterocycles. The molecule has 3 amide bonds. The molecule has 1 aromatic carbocycles. The van der Waals surface area contributed by atoms with E-state index >= 15 is 0 Å². The van der Waals surface area contributed by atoms with Crippen LogP contribution in [-0.4, -0.2) is 48.3 Å². The minimum Gasteiger partial charge on any atom is -0.454 e. The monoisotopic (exact) mass is 358 g/mol. The highest BCUT2D eigenvalue weighted by Gasteiger charge is 2.38. The summed E-state index contributed by atoms with van der Waals surface area (Å²) < 4.78 is 4.89. The fourth-order valence-electron chi connectivity index (χ4n) is 3.40. The molecule has 1 aromatic rings. The van der Waals surface area contributed by atoms with Crippen LogP contribution in [0.1, 0.15) is 37.7 Å². The van der Waals surface area contributed by atoms with Gasteiger partial charge >= 0.3 is 5.97 Å². The zero-order chi connectivity index (χ0) is 18.6. The number of esters is 1. The molecule has 0 spiro atoms. The summed E-state index contributed by atoms with van der Waals surface area (Å²) in [6.07, 6.45) is 3.38. The molecule has 138 valence electrons. The molecule has 0 atom stereocenters. The third-order valence-electron chi connectivity index (χ3n) is 5.13. The standard InChI is InChI=1S/C19H22N2O5/c22-15(12-26-18(25)11-21-16(23)7-8-17(21)24)20-13-19(9-4-10-19)14-5-2-1-3-6-14/h1-3,5-6H,4,7-13H2,(H,20,22). The second kappa shape index (κ2) is 7.68. The molecule has 2 aliphatic rings. The van der Waals surface area contributed by atoms with Gasteiger partial charge in [-0.05, 0) is 18.4 Å². The van der Waals surface area contributed by atoms with Gasteiger partial charge in [-0.1, -0.05) is 36.8 Å². The van der Waals surface area contributed by atoms with Crippen molar-refractivity contribution >= 4 is 23.7 Å². The van der Waals surface area contributed by atoms with Crippen LogP contribution in [0.5, 0.6) is 0 Å². The number of nitrogens with one attached hydrogen (secondary N) is 1. The Bertz CT molecular complexity index is 696. The smallest absolute Gasteiger partial charge is 0.326 e. The Morgan fingerprint density at radius 3 is 2.31 bits per heavy atom. The summed E-state index contributed by atoms with van der Waals surface area (Å²) in [5.74, 6) is -1.91. The molecule has 7 heteroatoms. The minimum atomic E-state index is -0.759. The van der Waals surface area contributed by atoms with Crippen molar-refractivity contribution in [3.05, 3.63) is 35.9 Å². The van der Waals surface area contributed by atoms with Crippen molar-refractivity contribution in [1.82, 2.24) is 10.2 Å². The van der Waals surface area contributed by atoms with Crippen LogP contribution in [0.25, 0.3) is 0 Å². The first-order chi connectivity index (χ1) is 12.5. The fourth-order valence-corrected chi connectivity index (χ4v) is 3.40. The molecule has 3 rings (SSSR count). The van der Waals surface area contributed by atoms with E-state index in [1.165, 1.54) is 5.56 Å². The molecule has 0 unspecified atom stereocenters. The summed E-state index contributed by atoms with van der Waals surface area (Å²) in [6.45, 7) is -0.352. The molecule has 2 fully saturated rings. The molecule has 7 nitrogen and oxygen atoms in total. The Balaban J connectivity index is 1.43. The van der Waals surface area contributed by atoms with Gasteiger partial charge in [0.2, 0.25) is 11.8 Å². The average molecular weight is 358 g/mol. The number of hydrogen-bond donors (Lipinski definition) is 1. The third kappa shape index (κ3) is 3.92. The number of benzene rings is 1. The average Bonchev–Trinajstić information content (AvgIpc) is 2.92. The van der Waals surface area contributed by atoms with Gasteiger partial charge < -0.3 is 10.1 Å². The number of imide groups is 1. The van der Waals surface area contributed by atoms with Crippen molar-refractivity contribution in [1.29, 1.82) is 0 Å². The maximum absolute atomic E-state index is 12.0. The maximum Gasteiger partial charge on any atom is 0.326 e.